The molecule has 7 heteroatoms. The summed E-state index contributed by atoms with van der Waals surface area (Å²) in [5.74, 6) is -0.810. The van der Waals surface area contributed by atoms with Crippen molar-refractivity contribution >= 4 is 29.6 Å². The first kappa shape index (κ1) is 21.8. The summed E-state index contributed by atoms with van der Waals surface area (Å²) < 4.78 is 4.99. The van der Waals surface area contributed by atoms with E-state index in [9.17, 15) is 14.4 Å². The van der Waals surface area contributed by atoms with E-state index in [2.05, 4.69) is 19.9 Å². The molecule has 1 atom stereocenters. The molecular formula is C20H31NO5S. The molecule has 152 valence electrons. The number of carbonyl (C=O) groups excluding carboxylic acids is 2. The third kappa shape index (κ3) is 5.74. The van der Waals surface area contributed by atoms with Gasteiger partial charge in [0.1, 0.15) is 0 Å². The summed E-state index contributed by atoms with van der Waals surface area (Å²) in [6.07, 6.45) is 6.82. The number of aliphatic carboxylic acids is 1. The molecule has 2 rings (SSSR count). The van der Waals surface area contributed by atoms with E-state index in [0.29, 0.717) is 19.1 Å². The Balaban J connectivity index is 2.10. The SMILES string of the molecule is CCOC(=O)CCN1C(=O)C(CC(=O)O)SC12CCC(=CCC(C)C)CC2. The number of ether oxygens (including phenoxy) is 1. The molecule has 1 saturated carbocycles. The zero-order valence-corrected chi connectivity index (χ0v) is 17.3. The van der Waals surface area contributed by atoms with Gasteiger partial charge in [-0.25, -0.2) is 0 Å². The molecule has 0 bridgehead atoms. The van der Waals surface area contributed by atoms with E-state index in [0.717, 1.165) is 32.1 Å². The minimum atomic E-state index is -0.962. The number of thioether (sulfide) groups is 1. The van der Waals surface area contributed by atoms with Gasteiger partial charge in [0.05, 0.1) is 29.6 Å². The van der Waals surface area contributed by atoms with Crippen LogP contribution in [0.4, 0.5) is 0 Å². The van der Waals surface area contributed by atoms with Crippen molar-refractivity contribution in [2.45, 2.75) is 75.8 Å². The molecule has 1 aliphatic carbocycles. The van der Waals surface area contributed by atoms with Crippen molar-refractivity contribution in [3.8, 4) is 0 Å². The summed E-state index contributed by atoms with van der Waals surface area (Å²) in [5.41, 5.74) is 1.43. The summed E-state index contributed by atoms with van der Waals surface area (Å²) in [7, 11) is 0. The number of amides is 1. The molecular weight excluding hydrogens is 366 g/mol. The fraction of sp³-hybridized carbons (Fsp3) is 0.750. The first-order valence-corrected chi connectivity index (χ1v) is 10.7. The normalized spacial score (nSPS) is 25.3. The van der Waals surface area contributed by atoms with E-state index in [1.54, 1.807) is 11.8 Å². The van der Waals surface area contributed by atoms with Crippen LogP contribution < -0.4 is 0 Å². The van der Waals surface area contributed by atoms with Crippen molar-refractivity contribution in [2.24, 2.45) is 5.92 Å². The number of carboxylic acids is 1. The molecule has 1 aliphatic heterocycles. The van der Waals surface area contributed by atoms with Gasteiger partial charge in [-0.05, 0) is 44.9 Å². The molecule has 1 heterocycles. The Morgan fingerprint density at radius 1 is 1.37 bits per heavy atom. The lowest BCUT2D eigenvalue weighted by Crippen LogP contribution is -2.47. The molecule has 0 radical (unpaired) electrons. The van der Waals surface area contributed by atoms with Crippen molar-refractivity contribution in [3.63, 3.8) is 0 Å². The minimum Gasteiger partial charge on any atom is -0.481 e. The van der Waals surface area contributed by atoms with Crippen molar-refractivity contribution < 1.29 is 24.2 Å². The van der Waals surface area contributed by atoms with Gasteiger partial charge < -0.3 is 14.7 Å². The number of rotatable bonds is 8. The predicted molar refractivity (Wildman–Crippen MR) is 105 cm³/mol. The van der Waals surface area contributed by atoms with E-state index in [-0.39, 0.29) is 24.7 Å². The second kappa shape index (κ2) is 9.62. The number of carboxylic acid groups (broad SMARTS) is 1. The highest BCUT2D eigenvalue weighted by Crippen LogP contribution is 2.52. The average Bonchev–Trinajstić information content (AvgIpc) is 2.83. The van der Waals surface area contributed by atoms with Gasteiger partial charge in [0.15, 0.2) is 0 Å². The fourth-order valence-electron chi connectivity index (χ4n) is 3.75. The van der Waals surface area contributed by atoms with E-state index in [1.165, 1.54) is 17.3 Å². The molecule has 1 saturated heterocycles. The van der Waals surface area contributed by atoms with Crippen LogP contribution in [0.25, 0.3) is 0 Å². The van der Waals surface area contributed by atoms with Crippen LogP contribution in [-0.2, 0) is 19.1 Å². The Bertz CT molecular complexity index is 591. The molecule has 2 aliphatic rings. The Hall–Kier alpha value is -1.50. The largest absolute Gasteiger partial charge is 0.481 e. The van der Waals surface area contributed by atoms with Crippen molar-refractivity contribution in [1.82, 2.24) is 4.90 Å². The maximum absolute atomic E-state index is 12.9. The summed E-state index contributed by atoms with van der Waals surface area (Å²) >= 11 is 1.49. The average molecular weight is 398 g/mol. The lowest BCUT2D eigenvalue weighted by molar-refractivity contribution is -0.145. The monoisotopic (exact) mass is 397 g/mol. The van der Waals surface area contributed by atoms with Crippen molar-refractivity contribution in [1.29, 1.82) is 0 Å². The molecule has 27 heavy (non-hydrogen) atoms. The van der Waals surface area contributed by atoms with Gasteiger partial charge >= 0.3 is 11.9 Å². The smallest absolute Gasteiger partial charge is 0.307 e. The van der Waals surface area contributed by atoms with Gasteiger partial charge in [0, 0.05) is 6.54 Å². The molecule has 0 aromatic carbocycles. The van der Waals surface area contributed by atoms with Crippen LogP contribution in [0.3, 0.4) is 0 Å². The highest BCUT2D eigenvalue weighted by Gasteiger charge is 2.52. The lowest BCUT2D eigenvalue weighted by Gasteiger charge is -2.41. The second-order valence-corrected chi connectivity index (χ2v) is 9.25. The van der Waals surface area contributed by atoms with Gasteiger partial charge in [0.2, 0.25) is 5.91 Å². The van der Waals surface area contributed by atoms with Gasteiger partial charge in [0.25, 0.3) is 0 Å². The summed E-state index contributed by atoms with van der Waals surface area (Å²) in [6, 6.07) is 0. The minimum absolute atomic E-state index is 0.151. The summed E-state index contributed by atoms with van der Waals surface area (Å²) in [4.78, 5) is 37.2. The Labute approximate surface area is 165 Å². The van der Waals surface area contributed by atoms with E-state index >= 15 is 0 Å². The number of allylic oxidation sites excluding steroid dienone is 2. The lowest BCUT2D eigenvalue weighted by atomic mass is 9.87. The van der Waals surface area contributed by atoms with Crippen LogP contribution in [0.15, 0.2) is 11.6 Å². The molecule has 0 aromatic heterocycles. The zero-order chi connectivity index (χ0) is 20.0. The number of carbonyl (C=O) groups is 3. The summed E-state index contributed by atoms with van der Waals surface area (Å²) in [6.45, 7) is 6.76. The highest BCUT2D eigenvalue weighted by atomic mass is 32.2. The topological polar surface area (TPSA) is 83.9 Å². The maximum Gasteiger partial charge on any atom is 0.307 e. The van der Waals surface area contributed by atoms with E-state index in [1.807, 2.05) is 0 Å². The van der Waals surface area contributed by atoms with Gasteiger partial charge in [-0.3, -0.25) is 14.4 Å². The van der Waals surface area contributed by atoms with Gasteiger partial charge in [-0.2, -0.15) is 0 Å². The molecule has 0 aromatic rings. The molecule has 1 N–H and O–H groups in total. The molecule has 6 nitrogen and oxygen atoms in total. The van der Waals surface area contributed by atoms with Crippen LogP contribution in [0, 0.1) is 5.92 Å². The Morgan fingerprint density at radius 2 is 2.04 bits per heavy atom. The van der Waals surface area contributed by atoms with Crippen LogP contribution >= 0.6 is 11.8 Å². The van der Waals surface area contributed by atoms with E-state index in [4.69, 9.17) is 9.84 Å². The van der Waals surface area contributed by atoms with Gasteiger partial charge in [-0.1, -0.05) is 25.5 Å². The molecule has 1 spiro atoms. The maximum atomic E-state index is 12.9. The molecule has 2 fully saturated rings. The van der Waals surface area contributed by atoms with Gasteiger partial charge in [-0.15, -0.1) is 11.8 Å². The number of esters is 1. The quantitative estimate of drug-likeness (QED) is 0.498. The van der Waals surface area contributed by atoms with E-state index < -0.39 is 16.1 Å². The molecule has 1 amide bonds. The first-order valence-electron chi connectivity index (χ1n) is 9.82. The standard InChI is InChI=1S/C20H31NO5S/c1-4-26-18(24)9-12-21-19(25)16(13-17(22)23)27-20(21)10-7-15(8-11-20)6-5-14(2)3/h6,14,16H,4-5,7-13H2,1-3H3,(H,22,23). The Kier molecular flexibility index (Phi) is 7.77. The molecule has 1 unspecified atom stereocenters. The van der Waals surface area contributed by atoms with Crippen LogP contribution in [0.2, 0.25) is 0 Å². The number of hydrogen-bond donors (Lipinski definition) is 1. The van der Waals surface area contributed by atoms with Crippen molar-refractivity contribution in [3.05, 3.63) is 11.6 Å². The second-order valence-electron chi connectivity index (χ2n) is 7.69. The number of nitrogens with zero attached hydrogens (tertiary/aromatic N) is 1. The zero-order valence-electron chi connectivity index (χ0n) is 16.5. The fourth-order valence-corrected chi connectivity index (χ4v) is 5.48. The highest BCUT2D eigenvalue weighted by molar-refractivity contribution is 8.02. The predicted octanol–water partition coefficient (Wildman–Crippen LogP) is 3.60. The third-order valence-corrected chi connectivity index (χ3v) is 6.87. The van der Waals surface area contributed by atoms with Crippen LogP contribution in [-0.4, -0.2) is 51.1 Å². The van der Waals surface area contributed by atoms with Crippen LogP contribution in [0.1, 0.15) is 65.7 Å². The summed E-state index contributed by atoms with van der Waals surface area (Å²) in [5, 5.41) is 8.59. The first-order chi connectivity index (χ1) is 12.8. The third-order valence-electron chi connectivity index (χ3n) is 5.15. The van der Waals surface area contributed by atoms with Crippen molar-refractivity contribution in [2.75, 3.05) is 13.2 Å². The number of hydrogen-bond acceptors (Lipinski definition) is 5. The van der Waals surface area contributed by atoms with Crippen LogP contribution in [0.5, 0.6) is 0 Å². The Morgan fingerprint density at radius 3 is 2.59 bits per heavy atom.